The third-order valence-electron chi connectivity index (χ3n) is 2.30. The zero-order chi connectivity index (χ0) is 12.0. The summed E-state index contributed by atoms with van der Waals surface area (Å²) >= 11 is 0. The van der Waals surface area contributed by atoms with Crippen LogP contribution in [-0.4, -0.2) is 25.8 Å². The summed E-state index contributed by atoms with van der Waals surface area (Å²) in [5.74, 6) is 0.788. The van der Waals surface area contributed by atoms with E-state index in [9.17, 15) is 4.79 Å². The first-order valence-corrected chi connectivity index (χ1v) is 5.68. The van der Waals surface area contributed by atoms with Gasteiger partial charge in [0.2, 0.25) is 0 Å². The molecule has 90 valence electrons. The van der Waals surface area contributed by atoms with Gasteiger partial charge in [-0.1, -0.05) is 13.8 Å². The van der Waals surface area contributed by atoms with Gasteiger partial charge in [-0.05, 0) is 18.8 Å². The molecule has 0 atom stereocenters. The van der Waals surface area contributed by atoms with Gasteiger partial charge in [0.15, 0.2) is 0 Å². The third kappa shape index (κ3) is 4.42. The van der Waals surface area contributed by atoms with Crippen LogP contribution in [0.2, 0.25) is 0 Å². The number of hydrogen-bond acceptors (Lipinski definition) is 3. The van der Waals surface area contributed by atoms with E-state index in [0.717, 1.165) is 25.2 Å². The number of carboxylic acids is 1. The molecular formula is C11H19N3O2. The van der Waals surface area contributed by atoms with E-state index >= 15 is 0 Å². The molecule has 0 aliphatic heterocycles. The van der Waals surface area contributed by atoms with Gasteiger partial charge in [0, 0.05) is 19.4 Å². The number of hydrogen-bond donors (Lipinski definition) is 1. The second kappa shape index (κ2) is 6.25. The molecule has 0 aliphatic rings. The maximum absolute atomic E-state index is 10.3. The molecule has 1 N–H and O–H groups in total. The normalized spacial score (nSPS) is 10.9. The fourth-order valence-electron chi connectivity index (χ4n) is 1.58. The number of carbonyl (C=O) groups is 1. The molecule has 0 spiro atoms. The molecule has 0 saturated heterocycles. The average Bonchev–Trinajstić information content (AvgIpc) is 2.59. The Labute approximate surface area is 95.5 Å². The Morgan fingerprint density at radius 3 is 2.88 bits per heavy atom. The van der Waals surface area contributed by atoms with Crippen LogP contribution in [0.4, 0.5) is 0 Å². The minimum atomic E-state index is -0.733. The van der Waals surface area contributed by atoms with Crippen LogP contribution in [0.1, 0.15) is 38.9 Å². The Morgan fingerprint density at radius 1 is 1.50 bits per heavy atom. The minimum Gasteiger partial charge on any atom is -0.481 e. The lowest BCUT2D eigenvalue weighted by Gasteiger charge is -2.08. The van der Waals surface area contributed by atoms with Gasteiger partial charge in [-0.3, -0.25) is 4.79 Å². The number of unbranched alkanes of at least 4 members (excludes halogenated alkanes) is 1. The second-order valence-electron chi connectivity index (χ2n) is 4.39. The zero-order valence-corrected chi connectivity index (χ0v) is 9.89. The van der Waals surface area contributed by atoms with Crippen LogP contribution in [0.15, 0.2) is 6.33 Å². The van der Waals surface area contributed by atoms with Crippen LogP contribution in [-0.2, 0) is 17.8 Å². The summed E-state index contributed by atoms with van der Waals surface area (Å²) < 4.78 is 2.05. The average molecular weight is 225 g/mol. The molecule has 1 aromatic rings. The van der Waals surface area contributed by atoms with Crippen molar-refractivity contribution < 1.29 is 9.90 Å². The Hall–Kier alpha value is -1.39. The largest absolute Gasteiger partial charge is 0.481 e. The number of aliphatic carboxylic acids is 1. The number of aromatic nitrogens is 3. The van der Waals surface area contributed by atoms with E-state index in [1.807, 2.05) is 4.57 Å². The van der Waals surface area contributed by atoms with Gasteiger partial charge in [-0.15, -0.1) is 10.2 Å². The van der Waals surface area contributed by atoms with Crippen molar-refractivity contribution in [3.8, 4) is 0 Å². The lowest BCUT2D eigenvalue weighted by Crippen LogP contribution is -2.08. The van der Waals surface area contributed by atoms with Crippen molar-refractivity contribution in [3.63, 3.8) is 0 Å². The van der Waals surface area contributed by atoms with Crippen LogP contribution in [0.5, 0.6) is 0 Å². The molecule has 0 unspecified atom stereocenters. The van der Waals surface area contributed by atoms with Crippen LogP contribution in [0, 0.1) is 5.92 Å². The first-order valence-electron chi connectivity index (χ1n) is 5.68. The second-order valence-corrected chi connectivity index (χ2v) is 4.39. The van der Waals surface area contributed by atoms with Crippen molar-refractivity contribution in [2.75, 3.05) is 0 Å². The maximum atomic E-state index is 10.3. The highest BCUT2D eigenvalue weighted by molar-refractivity contribution is 5.66. The molecule has 0 saturated carbocycles. The van der Waals surface area contributed by atoms with Gasteiger partial charge >= 0.3 is 5.97 Å². The van der Waals surface area contributed by atoms with Gasteiger partial charge in [0.05, 0.1) is 0 Å². The molecular weight excluding hydrogens is 206 g/mol. The van der Waals surface area contributed by atoms with Crippen LogP contribution >= 0.6 is 0 Å². The fourth-order valence-corrected chi connectivity index (χ4v) is 1.58. The minimum absolute atomic E-state index is 0.234. The Kier molecular flexibility index (Phi) is 4.95. The predicted molar refractivity (Wildman–Crippen MR) is 60.1 cm³/mol. The first kappa shape index (κ1) is 12.7. The van der Waals surface area contributed by atoms with Crippen LogP contribution < -0.4 is 0 Å². The smallest absolute Gasteiger partial charge is 0.303 e. The number of nitrogens with zero attached hydrogens (tertiary/aromatic N) is 3. The molecule has 1 heterocycles. The summed E-state index contributed by atoms with van der Waals surface area (Å²) in [6, 6.07) is 0. The molecule has 1 rings (SSSR count). The lowest BCUT2D eigenvalue weighted by atomic mass is 10.2. The van der Waals surface area contributed by atoms with Crippen molar-refractivity contribution in [2.45, 2.75) is 46.1 Å². The van der Waals surface area contributed by atoms with E-state index in [0.29, 0.717) is 12.3 Å². The van der Waals surface area contributed by atoms with E-state index in [4.69, 9.17) is 5.11 Å². The van der Waals surface area contributed by atoms with E-state index in [1.54, 1.807) is 6.33 Å². The fraction of sp³-hybridized carbons (Fsp3) is 0.727. The van der Waals surface area contributed by atoms with Crippen molar-refractivity contribution in [2.24, 2.45) is 5.92 Å². The summed E-state index contributed by atoms with van der Waals surface area (Å²) in [5, 5.41) is 16.4. The Bertz CT molecular complexity index is 334. The molecule has 1 aromatic heterocycles. The van der Waals surface area contributed by atoms with Crippen LogP contribution in [0.3, 0.4) is 0 Å². The molecule has 0 radical (unpaired) electrons. The SMILES string of the molecule is CC(C)Cn1cnnc1CCCCC(=O)O. The molecule has 5 nitrogen and oxygen atoms in total. The van der Waals surface area contributed by atoms with Crippen molar-refractivity contribution in [1.82, 2.24) is 14.8 Å². The van der Waals surface area contributed by atoms with Crippen molar-refractivity contribution in [3.05, 3.63) is 12.2 Å². The van der Waals surface area contributed by atoms with Crippen LogP contribution in [0.25, 0.3) is 0 Å². The lowest BCUT2D eigenvalue weighted by molar-refractivity contribution is -0.137. The summed E-state index contributed by atoms with van der Waals surface area (Å²) in [7, 11) is 0. The standard InChI is InChI=1S/C11H19N3O2/c1-9(2)7-14-8-12-13-10(14)5-3-4-6-11(15)16/h8-9H,3-7H2,1-2H3,(H,15,16). The molecule has 0 aromatic carbocycles. The Morgan fingerprint density at radius 2 is 2.25 bits per heavy atom. The highest BCUT2D eigenvalue weighted by atomic mass is 16.4. The van der Waals surface area contributed by atoms with Gasteiger partial charge in [0.25, 0.3) is 0 Å². The summed E-state index contributed by atoms with van der Waals surface area (Å²) in [4.78, 5) is 10.3. The molecule has 0 aliphatic carbocycles. The molecule has 0 bridgehead atoms. The van der Waals surface area contributed by atoms with Gasteiger partial charge < -0.3 is 9.67 Å². The summed E-state index contributed by atoms with van der Waals surface area (Å²) in [5.41, 5.74) is 0. The topological polar surface area (TPSA) is 68.0 Å². The zero-order valence-electron chi connectivity index (χ0n) is 9.89. The van der Waals surface area contributed by atoms with E-state index < -0.39 is 5.97 Å². The number of rotatable bonds is 7. The number of aryl methyl sites for hydroxylation is 1. The van der Waals surface area contributed by atoms with E-state index in [1.165, 1.54) is 0 Å². The predicted octanol–water partition coefficient (Wildman–Crippen LogP) is 1.73. The van der Waals surface area contributed by atoms with Crippen molar-refractivity contribution in [1.29, 1.82) is 0 Å². The first-order chi connectivity index (χ1) is 7.59. The highest BCUT2D eigenvalue weighted by Gasteiger charge is 2.06. The van der Waals surface area contributed by atoms with Gasteiger partial charge in [0.1, 0.15) is 12.2 Å². The molecule has 0 fully saturated rings. The summed E-state index contributed by atoms with van der Waals surface area (Å²) in [6.07, 6.45) is 4.33. The number of carboxylic acid groups (broad SMARTS) is 1. The van der Waals surface area contributed by atoms with E-state index in [2.05, 4.69) is 24.0 Å². The van der Waals surface area contributed by atoms with Gasteiger partial charge in [-0.25, -0.2) is 0 Å². The summed E-state index contributed by atoms with van der Waals surface area (Å²) in [6.45, 7) is 5.21. The molecule has 5 heteroatoms. The Balaban J connectivity index is 2.35. The quantitative estimate of drug-likeness (QED) is 0.717. The monoisotopic (exact) mass is 225 g/mol. The molecule has 16 heavy (non-hydrogen) atoms. The van der Waals surface area contributed by atoms with E-state index in [-0.39, 0.29) is 6.42 Å². The maximum Gasteiger partial charge on any atom is 0.303 e. The molecule has 0 amide bonds. The third-order valence-corrected chi connectivity index (χ3v) is 2.30. The highest BCUT2D eigenvalue weighted by Crippen LogP contribution is 2.06. The van der Waals surface area contributed by atoms with Crippen molar-refractivity contribution >= 4 is 5.97 Å². The van der Waals surface area contributed by atoms with Gasteiger partial charge in [-0.2, -0.15) is 0 Å².